The largest absolute Gasteiger partial charge is 0.389 e. The molecule has 1 atom stereocenters. The zero-order valence-corrected chi connectivity index (χ0v) is 12.3. The van der Waals surface area contributed by atoms with E-state index in [1.165, 1.54) is 12.8 Å². The Morgan fingerprint density at radius 2 is 2.05 bits per heavy atom. The molecule has 19 heavy (non-hydrogen) atoms. The molecule has 1 aromatic rings. The standard InChI is InChI=1S/C14H19Cl2NO2/c15-10-5-6-13(16)14(7-10)17-8-11(18)9-19-12-3-1-2-4-12/h5-7,11-12,17-18H,1-4,8-9H2. The predicted octanol–water partition coefficient (Wildman–Crippen LogP) is 3.73. The summed E-state index contributed by atoms with van der Waals surface area (Å²) in [4.78, 5) is 0. The molecule has 1 fully saturated rings. The van der Waals surface area contributed by atoms with Gasteiger partial charge in [0, 0.05) is 11.6 Å². The van der Waals surface area contributed by atoms with Crippen LogP contribution >= 0.6 is 23.2 Å². The third-order valence-electron chi connectivity index (χ3n) is 3.28. The summed E-state index contributed by atoms with van der Waals surface area (Å²) in [5.41, 5.74) is 0.731. The normalized spacial score (nSPS) is 17.6. The topological polar surface area (TPSA) is 41.5 Å². The van der Waals surface area contributed by atoms with Gasteiger partial charge in [0.25, 0.3) is 0 Å². The van der Waals surface area contributed by atoms with Gasteiger partial charge in [-0.15, -0.1) is 0 Å². The van der Waals surface area contributed by atoms with Gasteiger partial charge in [0.15, 0.2) is 0 Å². The fraction of sp³-hybridized carbons (Fsp3) is 0.571. The van der Waals surface area contributed by atoms with Crippen molar-refractivity contribution < 1.29 is 9.84 Å². The minimum atomic E-state index is -0.546. The Morgan fingerprint density at radius 1 is 1.32 bits per heavy atom. The lowest BCUT2D eigenvalue weighted by Gasteiger charge is -2.17. The second-order valence-electron chi connectivity index (χ2n) is 4.90. The molecule has 5 heteroatoms. The Kier molecular flexibility index (Phi) is 5.76. The monoisotopic (exact) mass is 303 g/mol. The van der Waals surface area contributed by atoms with Gasteiger partial charge < -0.3 is 15.2 Å². The number of anilines is 1. The summed E-state index contributed by atoms with van der Waals surface area (Å²) >= 11 is 11.9. The summed E-state index contributed by atoms with van der Waals surface area (Å²) in [5.74, 6) is 0. The first-order valence-electron chi connectivity index (χ1n) is 6.64. The second-order valence-corrected chi connectivity index (χ2v) is 5.74. The van der Waals surface area contributed by atoms with E-state index in [-0.39, 0.29) is 0 Å². The minimum Gasteiger partial charge on any atom is -0.389 e. The minimum absolute atomic E-state index is 0.324. The van der Waals surface area contributed by atoms with Crippen LogP contribution in [0.1, 0.15) is 25.7 Å². The van der Waals surface area contributed by atoms with Crippen molar-refractivity contribution in [1.29, 1.82) is 0 Å². The number of rotatable bonds is 6. The van der Waals surface area contributed by atoms with E-state index in [2.05, 4.69) is 5.32 Å². The average molecular weight is 304 g/mol. The molecule has 0 saturated heterocycles. The van der Waals surface area contributed by atoms with Crippen molar-refractivity contribution in [3.05, 3.63) is 28.2 Å². The van der Waals surface area contributed by atoms with Crippen LogP contribution in [-0.2, 0) is 4.74 Å². The lowest BCUT2D eigenvalue weighted by molar-refractivity contribution is -0.00117. The lowest BCUT2D eigenvalue weighted by atomic mass is 10.3. The predicted molar refractivity (Wildman–Crippen MR) is 79.2 cm³/mol. The van der Waals surface area contributed by atoms with Crippen LogP contribution in [0.3, 0.4) is 0 Å². The number of ether oxygens (including phenoxy) is 1. The molecule has 0 bridgehead atoms. The fourth-order valence-electron chi connectivity index (χ4n) is 2.22. The molecule has 106 valence electrons. The number of hydrogen-bond acceptors (Lipinski definition) is 3. The van der Waals surface area contributed by atoms with E-state index in [4.69, 9.17) is 27.9 Å². The molecular weight excluding hydrogens is 285 g/mol. The molecule has 0 spiro atoms. The average Bonchev–Trinajstić information content (AvgIpc) is 2.90. The van der Waals surface area contributed by atoms with Crippen LogP contribution in [0, 0.1) is 0 Å². The highest BCUT2D eigenvalue weighted by Crippen LogP contribution is 2.25. The lowest BCUT2D eigenvalue weighted by Crippen LogP contribution is -2.27. The van der Waals surface area contributed by atoms with Crippen LogP contribution in [-0.4, -0.2) is 30.5 Å². The summed E-state index contributed by atoms with van der Waals surface area (Å²) in [6.45, 7) is 0.753. The molecular formula is C14H19Cl2NO2. The summed E-state index contributed by atoms with van der Waals surface area (Å²) in [5, 5.41) is 14.2. The molecule has 0 amide bonds. The van der Waals surface area contributed by atoms with Crippen molar-refractivity contribution in [1.82, 2.24) is 0 Å². The van der Waals surface area contributed by atoms with Crippen molar-refractivity contribution >= 4 is 28.9 Å². The zero-order chi connectivity index (χ0) is 13.7. The van der Waals surface area contributed by atoms with Gasteiger partial charge in [0.05, 0.1) is 29.5 Å². The summed E-state index contributed by atoms with van der Waals surface area (Å²) in [6, 6.07) is 5.21. The third kappa shape index (κ3) is 4.84. The first-order chi connectivity index (χ1) is 9.15. The highest BCUT2D eigenvalue weighted by atomic mass is 35.5. The van der Waals surface area contributed by atoms with Crippen molar-refractivity contribution in [2.45, 2.75) is 37.9 Å². The van der Waals surface area contributed by atoms with Gasteiger partial charge in [-0.25, -0.2) is 0 Å². The smallest absolute Gasteiger partial charge is 0.0945 e. The summed E-state index contributed by atoms with van der Waals surface area (Å²) < 4.78 is 5.66. The summed E-state index contributed by atoms with van der Waals surface area (Å²) in [6.07, 6.45) is 4.47. The van der Waals surface area contributed by atoms with Crippen molar-refractivity contribution in [2.24, 2.45) is 0 Å². The van der Waals surface area contributed by atoms with Crippen LogP contribution in [0.5, 0.6) is 0 Å². The number of benzene rings is 1. The quantitative estimate of drug-likeness (QED) is 0.841. The van der Waals surface area contributed by atoms with E-state index < -0.39 is 6.10 Å². The van der Waals surface area contributed by atoms with E-state index in [0.29, 0.717) is 29.3 Å². The SMILES string of the molecule is OC(CNc1cc(Cl)ccc1Cl)COC1CCCC1. The maximum absolute atomic E-state index is 9.87. The zero-order valence-electron chi connectivity index (χ0n) is 10.7. The van der Waals surface area contributed by atoms with Gasteiger partial charge in [0.1, 0.15) is 0 Å². The summed E-state index contributed by atoms with van der Waals surface area (Å²) in [7, 11) is 0. The Labute approximate surface area is 123 Å². The van der Waals surface area contributed by atoms with E-state index in [1.54, 1.807) is 18.2 Å². The molecule has 0 aliphatic heterocycles. The van der Waals surface area contributed by atoms with Gasteiger partial charge in [-0.2, -0.15) is 0 Å². The van der Waals surface area contributed by atoms with E-state index in [0.717, 1.165) is 18.5 Å². The molecule has 3 nitrogen and oxygen atoms in total. The highest BCUT2D eigenvalue weighted by Gasteiger charge is 2.16. The fourth-order valence-corrected chi connectivity index (χ4v) is 2.58. The molecule has 1 saturated carbocycles. The van der Waals surface area contributed by atoms with Gasteiger partial charge in [-0.05, 0) is 31.0 Å². The maximum Gasteiger partial charge on any atom is 0.0945 e. The molecule has 0 heterocycles. The first-order valence-corrected chi connectivity index (χ1v) is 7.39. The number of hydrogen-bond donors (Lipinski definition) is 2. The third-order valence-corrected chi connectivity index (χ3v) is 3.85. The van der Waals surface area contributed by atoms with Crippen LogP contribution in [0.25, 0.3) is 0 Å². The molecule has 0 radical (unpaired) electrons. The molecule has 1 aromatic carbocycles. The van der Waals surface area contributed by atoms with Crippen molar-refractivity contribution in [3.63, 3.8) is 0 Å². The first kappa shape index (κ1) is 14.9. The maximum atomic E-state index is 9.87. The number of halogens is 2. The van der Waals surface area contributed by atoms with Crippen LogP contribution in [0.15, 0.2) is 18.2 Å². The molecule has 2 N–H and O–H groups in total. The van der Waals surface area contributed by atoms with Crippen LogP contribution in [0.2, 0.25) is 10.0 Å². The number of aliphatic hydroxyl groups excluding tert-OH is 1. The van der Waals surface area contributed by atoms with Crippen molar-refractivity contribution in [3.8, 4) is 0 Å². The second kappa shape index (κ2) is 7.34. The molecule has 1 aliphatic carbocycles. The van der Waals surface area contributed by atoms with E-state index in [1.807, 2.05) is 0 Å². The number of aliphatic hydroxyl groups is 1. The van der Waals surface area contributed by atoms with Gasteiger partial charge in [-0.1, -0.05) is 36.0 Å². The Hall–Kier alpha value is -0.480. The highest BCUT2D eigenvalue weighted by molar-refractivity contribution is 6.35. The number of nitrogens with one attached hydrogen (secondary N) is 1. The molecule has 2 rings (SSSR count). The van der Waals surface area contributed by atoms with Gasteiger partial charge >= 0.3 is 0 Å². The van der Waals surface area contributed by atoms with Crippen molar-refractivity contribution in [2.75, 3.05) is 18.5 Å². The Morgan fingerprint density at radius 3 is 2.79 bits per heavy atom. The van der Waals surface area contributed by atoms with Crippen LogP contribution < -0.4 is 5.32 Å². The van der Waals surface area contributed by atoms with Gasteiger partial charge in [0.2, 0.25) is 0 Å². The van der Waals surface area contributed by atoms with Gasteiger partial charge in [-0.3, -0.25) is 0 Å². The van der Waals surface area contributed by atoms with Crippen LogP contribution in [0.4, 0.5) is 5.69 Å². The molecule has 1 unspecified atom stereocenters. The van der Waals surface area contributed by atoms with E-state index >= 15 is 0 Å². The Balaban J connectivity index is 1.73. The van der Waals surface area contributed by atoms with E-state index in [9.17, 15) is 5.11 Å². The Bertz CT molecular complexity index is 408. The molecule has 0 aromatic heterocycles. The molecule has 1 aliphatic rings.